The average molecular weight is 376 g/mol. The smallest absolute Gasteiger partial charge is 0.429 e. The van der Waals surface area contributed by atoms with Gasteiger partial charge in [-0.2, -0.15) is 13.2 Å². The lowest BCUT2D eigenvalue weighted by atomic mass is 10.1. The van der Waals surface area contributed by atoms with E-state index in [0.29, 0.717) is 5.52 Å². The van der Waals surface area contributed by atoms with Gasteiger partial charge in [0, 0.05) is 5.56 Å². The monoisotopic (exact) mass is 376 g/mol. The van der Waals surface area contributed by atoms with E-state index < -0.39 is 30.4 Å². The molecule has 0 radical (unpaired) electrons. The lowest BCUT2D eigenvalue weighted by Gasteiger charge is -2.21. The van der Waals surface area contributed by atoms with Gasteiger partial charge in [-0.05, 0) is 19.1 Å². The second-order valence-electron chi connectivity index (χ2n) is 6.02. The maximum absolute atomic E-state index is 13.3. The van der Waals surface area contributed by atoms with Crippen LogP contribution in [-0.4, -0.2) is 21.7 Å². The fraction of sp³-hybridized carbons (Fsp3) is 0.211. The molecule has 0 aliphatic heterocycles. The van der Waals surface area contributed by atoms with E-state index in [1.54, 1.807) is 25.1 Å². The van der Waals surface area contributed by atoms with Gasteiger partial charge in [-0.1, -0.05) is 42.0 Å². The first-order valence-corrected chi connectivity index (χ1v) is 8.02. The topological polar surface area (TPSA) is 61.2 Å². The highest BCUT2D eigenvalue weighted by Crippen LogP contribution is 2.36. The number of halogens is 3. The van der Waals surface area contributed by atoms with Crippen LogP contribution in [0.15, 0.2) is 59.7 Å². The number of benzene rings is 2. The van der Waals surface area contributed by atoms with E-state index in [-0.39, 0.29) is 10.9 Å². The number of carbonyl (C=O) groups excluding carboxylic acids is 1. The molecule has 1 atom stereocenters. The summed E-state index contributed by atoms with van der Waals surface area (Å²) < 4.78 is 45.6. The molecule has 0 amide bonds. The molecule has 5 nitrogen and oxygen atoms in total. The molecule has 27 heavy (non-hydrogen) atoms. The Hall–Kier alpha value is -3.16. The quantitative estimate of drug-likeness (QED) is 0.654. The molecule has 0 saturated heterocycles. The van der Waals surface area contributed by atoms with Gasteiger partial charge in [-0.3, -0.25) is 14.2 Å². The SMILES string of the molecule is Cc1ccc([C@H](OC(=O)Cn2cnc3ccccc3c2=O)C(F)(F)F)cc1. The number of aryl methyl sites for hydroxylation is 1. The Morgan fingerprint density at radius 2 is 1.81 bits per heavy atom. The van der Waals surface area contributed by atoms with Crippen molar-refractivity contribution in [2.45, 2.75) is 25.7 Å². The Morgan fingerprint density at radius 3 is 2.48 bits per heavy atom. The Balaban J connectivity index is 1.84. The van der Waals surface area contributed by atoms with Crippen molar-refractivity contribution in [3.05, 3.63) is 76.3 Å². The predicted octanol–water partition coefficient (Wildman–Crippen LogP) is 3.55. The standard InChI is InChI=1S/C19H15F3N2O3/c1-12-6-8-13(9-7-12)17(19(20,21)22)27-16(25)10-24-11-23-15-5-3-2-4-14(15)18(24)26/h2-9,11,17H,10H2,1H3/t17-/m0/s1. The van der Waals surface area contributed by atoms with E-state index >= 15 is 0 Å². The van der Waals surface area contributed by atoms with E-state index in [2.05, 4.69) is 9.72 Å². The average Bonchev–Trinajstić information content (AvgIpc) is 2.62. The van der Waals surface area contributed by atoms with Gasteiger partial charge < -0.3 is 4.74 Å². The second-order valence-corrected chi connectivity index (χ2v) is 6.02. The molecule has 3 aromatic rings. The molecular weight excluding hydrogens is 361 g/mol. The number of nitrogens with zero attached hydrogens (tertiary/aromatic N) is 2. The van der Waals surface area contributed by atoms with Crippen molar-refractivity contribution in [3.8, 4) is 0 Å². The number of esters is 1. The molecule has 0 N–H and O–H groups in total. The van der Waals surface area contributed by atoms with Gasteiger partial charge in [0.15, 0.2) is 0 Å². The molecule has 1 aromatic heterocycles. The van der Waals surface area contributed by atoms with Crippen molar-refractivity contribution in [1.29, 1.82) is 0 Å². The molecule has 0 fully saturated rings. The maximum Gasteiger partial charge on any atom is 0.429 e. The minimum atomic E-state index is -4.78. The van der Waals surface area contributed by atoms with Crippen molar-refractivity contribution in [2.24, 2.45) is 0 Å². The normalized spacial score (nSPS) is 12.7. The molecule has 1 heterocycles. The molecule has 0 unspecified atom stereocenters. The lowest BCUT2D eigenvalue weighted by Crippen LogP contribution is -2.30. The summed E-state index contributed by atoms with van der Waals surface area (Å²) in [5.74, 6) is -1.18. The zero-order chi connectivity index (χ0) is 19.6. The van der Waals surface area contributed by atoms with Crippen LogP contribution in [0.3, 0.4) is 0 Å². The molecule has 140 valence electrons. The highest BCUT2D eigenvalue weighted by molar-refractivity contribution is 5.77. The molecule has 0 spiro atoms. The summed E-state index contributed by atoms with van der Waals surface area (Å²) in [4.78, 5) is 28.5. The number of ether oxygens (including phenoxy) is 1. The Labute approximate surface area is 152 Å². The molecule has 0 aliphatic rings. The highest BCUT2D eigenvalue weighted by Gasteiger charge is 2.44. The summed E-state index contributed by atoms with van der Waals surface area (Å²) in [7, 11) is 0. The van der Waals surface area contributed by atoms with E-state index in [0.717, 1.165) is 16.5 Å². The molecule has 8 heteroatoms. The van der Waals surface area contributed by atoms with Gasteiger partial charge in [0.05, 0.1) is 17.2 Å². The minimum Gasteiger partial charge on any atom is -0.446 e. The lowest BCUT2D eigenvalue weighted by molar-refractivity contribution is -0.224. The molecule has 0 aliphatic carbocycles. The van der Waals surface area contributed by atoms with Gasteiger partial charge in [0.2, 0.25) is 6.10 Å². The fourth-order valence-electron chi connectivity index (χ4n) is 2.59. The van der Waals surface area contributed by atoms with E-state index in [9.17, 15) is 22.8 Å². The van der Waals surface area contributed by atoms with Crippen molar-refractivity contribution in [1.82, 2.24) is 9.55 Å². The predicted molar refractivity (Wildman–Crippen MR) is 92.1 cm³/mol. The summed E-state index contributed by atoms with van der Waals surface area (Å²) in [6.07, 6.45) is -6.08. The summed E-state index contributed by atoms with van der Waals surface area (Å²) in [6, 6.07) is 12.0. The van der Waals surface area contributed by atoms with E-state index in [4.69, 9.17) is 0 Å². The van der Waals surface area contributed by atoms with Crippen LogP contribution in [0.2, 0.25) is 0 Å². The van der Waals surface area contributed by atoms with Gasteiger partial charge in [0.1, 0.15) is 6.54 Å². The second kappa shape index (κ2) is 7.22. The van der Waals surface area contributed by atoms with Gasteiger partial charge >= 0.3 is 12.1 Å². The summed E-state index contributed by atoms with van der Waals surface area (Å²) >= 11 is 0. The van der Waals surface area contributed by atoms with Crippen molar-refractivity contribution >= 4 is 16.9 Å². The van der Waals surface area contributed by atoms with Crippen LogP contribution >= 0.6 is 0 Å². The summed E-state index contributed by atoms with van der Waals surface area (Å²) in [5, 5.41) is 0.263. The van der Waals surface area contributed by atoms with Crippen LogP contribution < -0.4 is 5.56 Å². The van der Waals surface area contributed by atoms with Crippen molar-refractivity contribution in [3.63, 3.8) is 0 Å². The molecular formula is C19H15F3N2O3. The third-order valence-electron chi connectivity index (χ3n) is 3.96. The van der Waals surface area contributed by atoms with Crippen LogP contribution in [0.1, 0.15) is 17.2 Å². The summed E-state index contributed by atoms with van der Waals surface area (Å²) in [6.45, 7) is 1.06. The van der Waals surface area contributed by atoms with Crippen LogP contribution in [0.5, 0.6) is 0 Å². The largest absolute Gasteiger partial charge is 0.446 e. The Morgan fingerprint density at radius 1 is 1.15 bits per heavy atom. The van der Waals surface area contributed by atoms with Crippen molar-refractivity contribution < 1.29 is 22.7 Å². The highest BCUT2D eigenvalue weighted by atomic mass is 19.4. The third-order valence-corrected chi connectivity index (χ3v) is 3.96. The van der Waals surface area contributed by atoms with E-state index in [1.807, 2.05) is 0 Å². The third kappa shape index (κ3) is 4.16. The number of fused-ring (bicyclic) bond motifs is 1. The van der Waals surface area contributed by atoms with Gasteiger partial charge in [0.25, 0.3) is 5.56 Å². The first-order valence-electron chi connectivity index (χ1n) is 8.02. The number of para-hydroxylation sites is 1. The number of rotatable bonds is 4. The Bertz CT molecular complexity index is 1030. The van der Waals surface area contributed by atoms with Crippen LogP contribution in [0.25, 0.3) is 10.9 Å². The number of hydrogen-bond donors (Lipinski definition) is 0. The van der Waals surface area contributed by atoms with Crippen molar-refractivity contribution in [2.75, 3.05) is 0 Å². The van der Waals surface area contributed by atoms with Crippen LogP contribution in [0, 0.1) is 6.92 Å². The minimum absolute atomic E-state index is 0.189. The molecule has 0 bridgehead atoms. The van der Waals surface area contributed by atoms with Crippen LogP contribution in [0.4, 0.5) is 13.2 Å². The first-order chi connectivity index (χ1) is 12.8. The van der Waals surface area contributed by atoms with Crippen LogP contribution in [-0.2, 0) is 16.1 Å². The zero-order valence-electron chi connectivity index (χ0n) is 14.2. The molecule has 2 aromatic carbocycles. The maximum atomic E-state index is 13.3. The number of hydrogen-bond acceptors (Lipinski definition) is 4. The number of alkyl halides is 3. The molecule has 3 rings (SSSR count). The molecule has 0 saturated carbocycles. The first kappa shape index (κ1) is 18.6. The number of aromatic nitrogens is 2. The van der Waals surface area contributed by atoms with Gasteiger partial charge in [-0.25, -0.2) is 4.98 Å². The Kier molecular flexibility index (Phi) is 4.98. The number of carbonyl (C=O) groups is 1. The summed E-state index contributed by atoms with van der Waals surface area (Å²) in [5.41, 5.74) is 0.488. The van der Waals surface area contributed by atoms with Gasteiger partial charge in [-0.15, -0.1) is 0 Å². The zero-order valence-corrected chi connectivity index (χ0v) is 14.2. The fourth-order valence-corrected chi connectivity index (χ4v) is 2.59. The van der Waals surface area contributed by atoms with E-state index in [1.165, 1.54) is 30.3 Å².